The summed E-state index contributed by atoms with van der Waals surface area (Å²) < 4.78 is 57.6. The van der Waals surface area contributed by atoms with E-state index in [9.17, 15) is 17.2 Å². The van der Waals surface area contributed by atoms with Crippen molar-refractivity contribution < 1.29 is 21.9 Å². The maximum Gasteiger partial charge on any atom is 0.214 e. The highest BCUT2D eigenvalue weighted by Crippen LogP contribution is 2.21. The Hall–Kier alpha value is -1.12. The van der Waals surface area contributed by atoms with E-state index in [0.717, 1.165) is 18.7 Å². The Morgan fingerprint density at radius 2 is 2.24 bits per heavy atom. The van der Waals surface area contributed by atoms with Gasteiger partial charge in [-0.25, -0.2) is 21.9 Å². The van der Waals surface area contributed by atoms with Crippen molar-refractivity contribution in [3.8, 4) is 0 Å². The molecule has 5 nitrogen and oxygen atoms in total. The van der Waals surface area contributed by atoms with Gasteiger partial charge in [0.05, 0.1) is 23.7 Å². The highest BCUT2D eigenvalue weighted by molar-refractivity contribution is 7.89. The topological polar surface area (TPSA) is 68.3 Å². The van der Waals surface area contributed by atoms with Gasteiger partial charge in [0.25, 0.3) is 0 Å². The van der Waals surface area contributed by atoms with Gasteiger partial charge in [0, 0.05) is 25.6 Å². The number of nitrogens with one attached hydrogen (secondary N) is 1. The van der Waals surface area contributed by atoms with Crippen LogP contribution < -0.4 is 4.72 Å². The van der Waals surface area contributed by atoms with Crippen LogP contribution in [0.25, 0.3) is 0 Å². The monoisotopic (exact) mass is 320 g/mol. The molecule has 1 saturated heterocycles. The summed E-state index contributed by atoms with van der Waals surface area (Å²) in [6.45, 7) is 2.54. The standard InChI is InChI=1S/C13H18F2N2O3S/c1-9-3-5-20-13(9)8-21(18,19)17-4-2-12-11(15)6-10(14)7-16-12/h6-7,9,13,17H,2-5,8H2,1H3/t9-,13-/m1/s1. The molecule has 0 aromatic carbocycles. The molecule has 0 radical (unpaired) electrons. The van der Waals surface area contributed by atoms with E-state index in [-0.39, 0.29) is 36.4 Å². The third-order valence-corrected chi connectivity index (χ3v) is 4.90. The second kappa shape index (κ2) is 6.76. The predicted molar refractivity (Wildman–Crippen MR) is 73.2 cm³/mol. The van der Waals surface area contributed by atoms with Crippen molar-refractivity contribution in [2.24, 2.45) is 5.92 Å². The molecule has 1 N–H and O–H groups in total. The molecule has 0 amide bonds. The fraction of sp³-hybridized carbons (Fsp3) is 0.615. The van der Waals surface area contributed by atoms with Gasteiger partial charge in [-0.15, -0.1) is 0 Å². The van der Waals surface area contributed by atoms with Crippen molar-refractivity contribution >= 4 is 10.0 Å². The number of nitrogens with zero attached hydrogens (tertiary/aromatic N) is 1. The molecule has 1 aromatic heterocycles. The molecule has 0 saturated carbocycles. The molecule has 1 fully saturated rings. The van der Waals surface area contributed by atoms with Crippen LogP contribution in [0.5, 0.6) is 0 Å². The summed E-state index contributed by atoms with van der Waals surface area (Å²) in [5, 5.41) is 0. The summed E-state index contributed by atoms with van der Waals surface area (Å²) >= 11 is 0. The maximum atomic E-state index is 13.3. The summed E-state index contributed by atoms with van der Waals surface area (Å²) in [6, 6.07) is 0.727. The molecule has 2 atom stereocenters. The molecular weight excluding hydrogens is 302 g/mol. The number of sulfonamides is 1. The van der Waals surface area contributed by atoms with E-state index in [4.69, 9.17) is 4.74 Å². The SMILES string of the molecule is C[C@@H]1CCO[C@@H]1CS(=O)(=O)NCCc1ncc(F)cc1F. The fourth-order valence-electron chi connectivity index (χ4n) is 2.19. The Kier molecular flexibility index (Phi) is 5.23. The molecule has 1 aliphatic rings. The number of ether oxygens (including phenoxy) is 1. The van der Waals surface area contributed by atoms with E-state index < -0.39 is 21.7 Å². The predicted octanol–water partition coefficient (Wildman–Crippen LogP) is 1.25. The number of hydrogen-bond acceptors (Lipinski definition) is 4. The second-order valence-electron chi connectivity index (χ2n) is 5.18. The van der Waals surface area contributed by atoms with Crippen molar-refractivity contribution in [3.63, 3.8) is 0 Å². The number of rotatable bonds is 6. The van der Waals surface area contributed by atoms with Gasteiger partial charge in [-0.05, 0) is 12.3 Å². The summed E-state index contributed by atoms with van der Waals surface area (Å²) in [5.74, 6) is -1.43. The average molecular weight is 320 g/mol. The van der Waals surface area contributed by atoms with Crippen molar-refractivity contribution in [1.82, 2.24) is 9.71 Å². The van der Waals surface area contributed by atoms with Crippen molar-refractivity contribution in [2.45, 2.75) is 25.9 Å². The van der Waals surface area contributed by atoms with Crippen LogP contribution in [0.1, 0.15) is 19.0 Å². The normalized spacial score (nSPS) is 22.6. The van der Waals surface area contributed by atoms with Crippen LogP contribution in [-0.4, -0.2) is 38.4 Å². The molecule has 21 heavy (non-hydrogen) atoms. The lowest BCUT2D eigenvalue weighted by molar-refractivity contribution is 0.111. The first-order valence-electron chi connectivity index (χ1n) is 6.76. The minimum Gasteiger partial charge on any atom is -0.377 e. The lowest BCUT2D eigenvalue weighted by atomic mass is 10.1. The zero-order valence-corrected chi connectivity index (χ0v) is 12.5. The van der Waals surface area contributed by atoms with Gasteiger partial charge in [0.1, 0.15) is 11.6 Å². The van der Waals surface area contributed by atoms with Crippen LogP contribution in [0.3, 0.4) is 0 Å². The van der Waals surface area contributed by atoms with Crippen LogP contribution in [-0.2, 0) is 21.2 Å². The lowest BCUT2D eigenvalue weighted by Gasteiger charge is -2.15. The highest BCUT2D eigenvalue weighted by atomic mass is 32.2. The van der Waals surface area contributed by atoms with Crippen LogP contribution >= 0.6 is 0 Å². The molecule has 0 aliphatic carbocycles. The van der Waals surface area contributed by atoms with E-state index in [2.05, 4.69) is 9.71 Å². The molecule has 2 rings (SSSR count). The Morgan fingerprint density at radius 1 is 1.48 bits per heavy atom. The first-order valence-corrected chi connectivity index (χ1v) is 8.41. The molecule has 0 bridgehead atoms. The Labute approximate surface area is 122 Å². The van der Waals surface area contributed by atoms with Crippen LogP contribution in [0.15, 0.2) is 12.3 Å². The van der Waals surface area contributed by atoms with Gasteiger partial charge >= 0.3 is 0 Å². The van der Waals surface area contributed by atoms with Gasteiger partial charge < -0.3 is 4.74 Å². The highest BCUT2D eigenvalue weighted by Gasteiger charge is 2.29. The first kappa shape index (κ1) is 16.3. The molecule has 118 valence electrons. The van der Waals surface area contributed by atoms with Gasteiger partial charge in [0.15, 0.2) is 0 Å². The Morgan fingerprint density at radius 3 is 2.86 bits per heavy atom. The minimum absolute atomic E-state index is 0.0129. The van der Waals surface area contributed by atoms with Gasteiger partial charge in [0.2, 0.25) is 10.0 Å². The smallest absolute Gasteiger partial charge is 0.214 e. The molecule has 1 aromatic rings. The molecule has 0 spiro atoms. The summed E-state index contributed by atoms with van der Waals surface area (Å²) in [4.78, 5) is 3.60. The first-order chi connectivity index (χ1) is 9.87. The number of aromatic nitrogens is 1. The third kappa shape index (κ3) is 4.69. The average Bonchev–Trinajstić information content (AvgIpc) is 2.77. The second-order valence-corrected chi connectivity index (χ2v) is 7.03. The van der Waals surface area contributed by atoms with Gasteiger partial charge in [-0.3, -0.25) is 4.98 Å². The molecule has 2 heterocycles. The van der Waals surface area contributed by atoms with E-state index in [1.54, 1.807) is 0 Å². The fourth-order valence-corrected chi connectivity index (χ4v) is 3.58. The molecule has 0 unspecified atom stereocenters. The van der Waals surface area contributed by atoms with E-state index >= 15 is 0 Å². The van der Waals surface area contributed by atoms with E-state index in [1.807, 2.05) is 6.92 Å². The van der Waals surface area contributed by atoms with Crippen LogP contribution in [0, 0.1) is 17.6 Å². The van der Waals surface area contributed by atoms with Crippen LogP contribution in [0.2, 0.25) is 0 Å². The largest absolute Gasteiger partial charge is 0.377 e. The Balaban J connectivity index is 1.84. The lowest BCUT2D eigenvalue weighted by Crippen LogP contribution is -2.35. The van der Waals surface area contributed by atoms with Gasteiger partial charge in [-0.1, -0.05) is 6.92 Å². The van der Waals surface area contributed by atoms with E-state index in [1.165, 1.54) is 0 Å². The van der Waals surface area contributed by atoms with Crippen molar-refractivity contribution in [3.05, 3.63) is 29.6 Å². The quantitative estimate of drug-likeness (QED) is 0.856. The minimum atomic E-state index is -3.49. The van der Waals surface area contributed by atoms with Crippen molar-refractivity contribution in [2.75, 3.05) is 18.9 Å². The number of pyridine rings is 1. The van der Waals surface area contributed by atoms with Gasteiger partial charge in [-0.2, -0.15) is 0 Å². The van der Waals surface area contributed by atoms with Crippen molar-refractivity contribution in [1.29, 1.82) is 0 Å². The summed E-state index contributed by atoms with van der Waals surface area (Å²) in [6.07, 6.45) is 1.52. The zero-order chi connectivity index (χ0) is 15.5. The summed E-state index contributed by atoms with van der Waals surface area (Å²) in [7, 11) is -3.49. The third-order valence-electron chi connectivity index (χ3n) is 3.49. The maximum absolute atomic E-state index is 13.3. The van der Waals surface area contributed by atoms with Crippen LogP contribution in [0.4, 0.5) is 8.78 Å². The Bertz CT molecular complexity index is 595. The number of halogens is 2. The van der Waals surface area contributed by atoms with E-state index in [0.29, 0.717) is 6.61 Å². The molecular formula is C13H18F2N2O3S. The summed E-state index contributed by atoms with van der Waals surface area (Å²) in [5.41, 5.74) is 0.0320. The molecule has 8 heteroatoms. The molecule has 1 aliphatic heterocycles. The number of hydrogen-bond donors (Lipinski definition) is 1. The zero-order valence-electron chi connectivity index (χ0n) is 11.7.